The minimum atomic E-state index is -4.44. The maximum absolute atomic E-state index is 13.6. The Morgan fingerprint density at radius 3 is 2.23 bits per heavy atom. The van der Waals surface area contributed by atoms with E-state index >= 15 is 0 Å². The Kier molecular flexibility index (Phi) is 6.74. The number of alkyl halides is 3. The molecule has 1 fully saturated rings. The largest absolute Gasteiger partial charge is 0.416 e. The molecule has 3 rings (SSSR count). The van der Waals surface area contributed by atoms with Gasteiger partial charge in [0.25, 0.3) is 5.91 Å². The smallest absolute Gasteiger partial charge is 0.356 e. The number of piperidine rings is 1. The van der Waals surface area contributed by atoms with Crippen LogP contribution in [0.3, 0.4) is 0 Å². The van der Waals surface area contributed by atoms with E-state index in [1.54, 1.807) is 23.1 Å². The molecule has 8 heteroatoms. The van der Waals surface area contributed by atoms with Crippen molar-refractivity contribution >= 4 is 11.8 Å². The molecule has 2 aromatic carbocycles. The fraction of sp³-hybridized carbons (Fsp3) is 0.364. The quantitative estimate of drug-likeness (QED) is 0.739. The number of likely N-dealkylation sites (tertiary alicyclic amines) is 1. The Balaban J connectivity index is 1.46. The summed E-state index contributed by atoms with van der Waals surface area (Å²) in [4.78, 5) is 26.4. The molecular formula is C22H22F4N2O2. The van der Waals surface area contributed by atoms with E-state index in [0.717, 1.165) is 12.1 Å². The molecule has 0 radical (unpaired) electrons. The zero-order chi connectivity index (χ0) is 21.7. The Bertz CT molecular complexity index is 889. The third-order valence-corrected chi connectivity index (χ3v) is 5.26. The number of benzene rings is 2. The van der Waals surface area contributed by atoms with E-state index < -0.39 is 11.7 Å². The van der Waals surface area contributed by atoms with E-state index in [4.69, 9.17) is 0 Å². The van der Waals surface area contributed by atoms with Crippen molar-refractivity contribution in [2.45, 2.75) is 25.4 Å². The minimum Gasteiger partial charge on any atom is -0.356 e. The van der Waals surface area contributed by atoms with Crippen LogP contribution in [0, 0.1) is 11.7 Å². The van der Waals surface area contributed by atoms with Crippen molar-refractivity contribution in [1.82, 2.24) is 10.2 Å². The highest BCUT2D eigenvalue weighted by Gasteiger charge is 2.31. The molecule has 0 unspecified atom stereocenters. The zero-order valence-corrected chi connectivity index (χ0v) is 16.2. The summed E-state index contributed by atoms with van der Waals surface area (Å²) in [7, 11) is 0. The molecule has 1 saturated heterocycles. The Hall–Kier alpha value is -2.90. The summed E-state index contributed by atoms with van der Waals surface area (Å²) < 4.78 is 51.5. The predicted molar refractivity (Wildman–Crippen MR) is 103 cm³/mol. The van der Waals surface area contributed by atoms with Gasteiger partial charge in [-0.2, -0.15) is 13.2 Å². The molecule has 0 aromatic heterocycles. The molecule has 0 saturated carbocycles. The second-order valence-electron chi connectivity index (χ2n) is 7.27. The highest BCUT2D eigenvalue weighted by atomic mass is 19.4. The SMILES string of the molecule is O=C(NCCc1ccccc1F)C1CCN(C(=O)c2ccc(C(F)(F)F)cc2)CC1. The van der Waals surface area contributed by atoms with Crippen molar-refractivity contribution in [3.63, 3.8) is 0 Å². The van der Waals surface area contributed by atoms with Crippen molar-refractivity contribution in [2.24, 2.45) is 5.92 Å². The average Bonchev–Trinajstić information content (AvgIpc) is 2.74. The van der Waals surface area contributed by atoms with Gasteiger partial charge in [-0.05, 0) is 55.2 Å². The van der Waals surface area contributed by atoms with Gasteiger partial charge in [0, 0.05) is 31.1 Å². The van der Waals surface area contributed by atoms with E-state index in [9.17, 15) is 27.2 Å². The van der Waals surface area contributed by atoms with Crippen LogP contribution in [0.4, 0.5) is 17.6 Å². The number of hydrogen-bond donors (Lipinski definition) is 1. The average molecular weight is 422 g/mol. The molecular weight excluding hydrogens is 400 g/mol. The van der Waals surface area contributed by atoms with E-state index in [1.807, 2.05) is 0 Å². The molecule has 160 valence electrons. The second kappa shape index (κ2) is 9.28. The number of rotatable bonds is 5. The number of nitrogens with one attached hydrogen (secondary N) is 1. The van der Waals surface area contributed by atoms with Crippen molar-refractivity contribution < 1.29 is 27.2 Å². The summed E-state index contributed by atoms with van der Waals surface area (Å²) >= 11 is 0. The molecule has 1 aliphatic heterocycles. The fourth-order valence-electron chi connectivity index (χ4n) is 3.49. The zero-order valence-electron chi connectivity index (χ0n) is 16.2. The Morgan fingerprint density at radius 2 is 1.63 bits per heavy atom. The first-order chi connectivity index (χ1) is 14.3. The van der Waals surface area contributed by atoms with Crippen LogP contribution in [0.1, 0.15) is 34.3 Å². The Morgan fingerprint density at radius 1 is 1.00 bits per heavy atom. The van der Waals surface area contributed by atoms with Crippen LogP contribution in [-0.4, -0.2) is 36.3 Å². The first-order valence-electron chi connectivity index (χ1n) is 9.73. The first-order valence-corrected chi connectivity index (χ1v) is 9.73. The second-order valence-corrected chi connectivity index (χ2v) is 7.27. The normalized spacial score (nSPS) is 15.1. The number of carbonyl (C=O) groups excluding carboxylic acids is 2. The molecule has 2 aromatic rings. The molecule has 30 heavy (non-hydrogen) atoms. The molecule has 4 nitrogen and oxygen atoms in total. The maximum Gasteiger partial charge on any atom is 0.416 e. The number of amides is 2. The molecule has 0 aliphatic carbocycles. The van der Waals surface area contributed by atoms with E-state index in [1.165, 1.54) is 18.2 Å². The molecule has 2 amide bonds. The van der Waals surface area contributed by atoms with E-state index in [2.05, 4.69) is 5.32 Å². The molecule has 0 spiro atoms. The van der Waals surface area contributed by atoms with Crippen molar-refractivity contribution in [3.8, 4) is 0 Å². The van der Waals surface area contributed by atoms with Gasteiger partial charge >= 0.3 is 6.18 Å². The van der Waals surface area contributed by atoms with Crippen LogP contribution >= 0.6 is 0 Å². The Labute approximate surface area is 171 Å². The number of halogens is 4. The van der Waals surface area contributed by atoms with Gasteiger partial charge in [-0.3, -0.25) is 9.59 Å². The van der Waals surface area contributed by atoms with Crippen molar-refractivity contribution in [3.05, 3.63) is 71.0 Å². The number of hydrogen-bond acceptors (Lipinski definition) is 2. The standard InChI is InChI=1S/C22H22F4N2O2/c23-19-4-2-1-3-15(19)9-12-27-20(29)16-10-13-28(14-11-16)21(30)17-5-7-18(8-6-17)22(24,25)26/h1-8,16H,9-14H2,(H,27,29). The van der Waals surface area contributed by atoms with Gasteiger partial charge in [-0.15, -0.1) is 0 Å². The van der Waals surface area contributed by atoms with Crippen molar-refractivity contribution in [1.29, 1.82) is 0 Å². The van der Waals surface area contributed by atoms with Crippen LogP contribution in [0.5, 0.6) is 0 Å². The lowest BCUT2D eigenvalue weighted by Gasteiger charge is -2.31. The van der Waals surface area contributed by atoms with Gasteiger partial charge in [0.05, 0.1) is 5.56 Å². The van der Waals surface area contributed by atoms with Crippen LogP contribution in [0.2, 0.25) is 0 Å². The lowest BCUT2D eigenvalue weighted by atomic mass is 9.95. The monoisotopic (exact) mass is 422 g/mol. The first kappa shape index (κ1) is 21.8. The van der Waals surface area contributed by atoms with Gasteiger partial charge in [0.15, 0.2) is 0 Å². The van der Waals surface area contributed by atoms with Gasteiger partial charge in [0.2, 0.25) is 5.91 Å². The highest BCUT2D eigenvalue weighted by Crippen LogP contribution is 2.29. The highest BCUT2D eigenvalue weighted by molar-refractivity contribution is 5.94. The topological polar surface area (TPSA) is 49.4 Å². The maximum atomic E-state index is 13.6. The predicted octanol–water partition coefficient (Wildman–Crippen LogP) is 4.06. The molecule has 1 N–H and O–H groups in total. The van der Waals surface area contributed by atoms with Crippen LogP contribution in [0.25, 0.3) is 0 Å². The third kappa shape index (κ3) is 5.37. The molecule has 1 aliphatic rings. The summed E-state index contributed by atoms with van der Waals surface area (Å²) in [5.74, 6) is -1.03. The van der Waals surface area contributed by atoms with E-state index in [-0.39, 0.29) is 29.1 Å². The lowest BCUT2D eigenvalue weighted by Crippen LogP contribution is -2.43. The van der Waals surface area contributed by atoms with Crippen LogP contribution < -0.4 is 5.32 Å². The summed E-state index contributed by atoms with van der Waals surface area (Å²) in [6.45, 7) is 1.03. The van der Waals surface area contributed by atoms with Gasteiger partial charge in [0.1, 0.15) is 5.82 Å². The van der Waals surface area contributed by atoms with E-state index in [0.29, 0.717) is 44.5 Å². The summed E-state index contributed by atoms with van der Waals surface area (Å²) in [5, 5.41) is 2.81. The summed E-state index contributed by atoms with van der Waals surface area (Å²) in [6.07, 6.45) is -3.11. The molecule has 0 bridgehead atoms. The van der Waals surface area contributed by atoms with Gasteiger partial charge in [-0.1, -0.05) is 18.2 Å². The van der Waals surface area contributed by atoms with Gasteiger partial charge < -0.3 is 10.2 Å². The minimum absolute atomic E-state index is 0.132. The van der Waals surface area contributed by atoms with Crippen LogP contribution in [0.15, 0.2) is 48.5 Å². The third-order valence-electron chi connectivity index (χ3n) is 5.26. The van der Waals surface area contributed by atoms with Gasteiger partial charge in [-0.25, -0.2) is 4.39 Å². The van der Waals surface area contributed by atoms with Crippen LogP contribution in [-0.2, 0) is 17.4 Å². The number of carbonyl (C=O) groups is 2. The molecule has 0 atom stereocenters. The number of nitrogens with zero attached hydrogens (tertiary/aromatic N) is 1. The molecule has 1 heterocycles. The fourth-order valence-corrected chi connectivity index (χ4v) is 3.49. The lowest BCUT2D eigenvalue weighted by molar-refractivity contribution is -0.137. The summed E-state index contributed by atoms with van der Waals surface area (Å²) in [5.41, 5.74) is -0.0737. The summed E-state index contributed by atoms with van der Waals surface area (Å²) in [6, 6.07) is 10.5. The van der Waals surface area contributed by atoms with Crippen molar-refractivity contribution in [2.75, 3.05) is 19.6 Å².